The Balaban J connectivity index is 1.05. The van der Waals surface area contributed by atoms with Crippen molar-refractivity contribution >= 4 is 21.6 Å². The van der Waals surface area contributed by atoms with E-state index in [1.807, 2.05) is 18.2 Å². The van der Waals surface area contributed by atoms with Crippen molar-refractivity contribution in [3.8, 4) is 0 Å². The van der Waals surface area contributed by atoms with Gasteiger partial charge in [0, 0.05) is 35.8 Å². The first-order chi connectivity index (χ1) is 22.8. The molecule has 2 saturated heterocycles. The third-order valence-electron chi connectivity index (χ3n) is 12.2. The maximum absolute atomic E-state index is 15.0. The number of ether oxygens (including phenoxy) is 1. The predicted molar refractivity (Wildman–Crippen MR) is 182 cm³/mol. The molecule has 2 N–H and O–H groups in total. The zero-order chi connectivity index (χ0) is 32.6. The van der Waals surface area contributed by atoms with E-state index in [-0.39, 0.29) is 34.5 Å². The second kappa shape index (κ2) is 13.7. The van der Waals surface area contributed by atoms with Crippen molar-refractivity contribution in [3.63, 3.8) is 0 Å². The summed E-state index contributed by atoms with van der Waals surface area (Å²) in [6, 6.07) is 15.6. The van der Waals surface area contributed by atoms with Gasteiger partial charge in [-0.25, -0.2) is 17.6 Å². The fourth-order valence-corrected chi connectivity index (χ4v) is 11.1. The van der Waals surface area contributed by atoms with Crippen molar-refractivity contribution < 1.29 is 22.3 Å². The Kier molecular flexibility index (Phi) is 9.55. The number of nitrogens with zero attached hydrogens (tertiary/aromatic N) is 2. The topological polar surface area (TPSA) is 91.0 Å². The molecule has 0 bridgehead atoms. The highest BCUT2D eigenvalue weighted by Gasteiger charge is 2.53. The molecule has 2 aromatic carbocycles. The molecule has 5 fully saturated rings. The minimum Gasteiger partial charge on any atom is -0.453 e. The number of piperidine rings is 1. The van der Waals surface area contributed by atoms with Crippen LogP contribution in [0.1, 0.15) is 76.2 Å². The quantitative estimate of drug-likeness (QED) is 0.305. The van der Waals surface area contributed by atoms with E-state index in [0.29, 0.717) is 22.9 Å². The van der Waals surface area contributed by atoms with E-state index in [4.69, 9.17) is 4.74 Å². The van der Waals surface area contributed by atoms with Gasteiger partial charge in [0.05, 0.1) is 17.3 Å². The van der Waals surface area contributed by atoms with E-state index in [1.165, 1.54) is 13.5 Å². The number of halogens is 1. The molecule has 256 valence electrons. The number of hydrogen-bond donors (Lipinski definition) is 2. The molecule has 8 nitrogen and oxygen atoms in total. The Morgan fingerprint density at radius 2 is 1.70 bits per heavy atom. The molecule has 7 rings (SSSR count). The summed E-state index contributed by atoms with van der Waals surface area (Å²) in [5, 5.41) is 6.69. The average Bonchev–Trinajstić information content (AvgIpc) is 3.67. The number of nitrogens with one attached hydrogen (secondary N) is 2. The van der Waals surface area contributed by atoms with Crippen LogP contribution < -0.4 is 10.6 Å². The maximum Gasteiger partial charge on any atom is 0.407 e. The lowest BCUT2D eigenvalue weighted by atomic mass is 9.57. The van der Waals surface area contributed by atoms with Crippen LogP contribution in [0.25, 0.3) is 0 Å². The van der Waals surface area contributed by atoms with Crippen LogP contribution in [0.5, 0.6) is 0 Å². The minimum atomic E-state index is -3.17. The van der Waals surface area contributed by atoms with Gasteiger partial charge in [-0.3, -0.25) is 0 Å². The van der Waals surface area contributed by atoms with Crippen LogP contribution in [0.2, 0.25) is 0 Å². The van der Waals surface area contributed by atoms with Crippen molar-refractivity contribution in [1.29, 1.82) is 0 Å². The Morgan fingerprint density at radius 1 is 0.936 bits per heavy atom. The first-order valence-corrected chi connectivity index (χ1v) is 19.5. The number of anilines is 1. The number of rotatable bonds is 11. The van der Waals surface area contributed by atoms with E-state index in [2.05, 4.69) is 26.5 Å². The number of amides is 1. The van der Waals surface area contributed by atoms with Gasteiger partial charge < -0.3 is 25.2 Å². The van der Waals surface area contributed by atoms with Crippen molar-refractivity contribution in [3.05, 3.63) is 59.9 Å². The molecule has 10 heteroatoms. The Bertz CT molecular complexity index is 1510. The van der Waals surface area contributed by atoms with Crippen molar-refractivity contribution in [1.82, 2.24) is 15.1 Å². The molecule has 5 aliphatic rings. The molecule has 0 aromatic heterocycles. The average molecular weight is 667 g/mol. The number of hydrogen-bond acceptors (Lipinski definition) is 7. The van der Waals surface area contributed by atoms with Crippen LogP contribution in [0.3, 0.4) is 0 Å². The first-order valence-electron chi connectivity index (χ1n) is 17.9. The van der Waals surface area contributed by atoms with Gasteiger partial charge in [0.15, 0.2) is 9.84 Å². The summed E-state index contributed by atoms with van der Waals surface area (Å²) in [6.07, 6.45) is 10.8. The summed E-state index contributed by atoms with van der Waals surface area (Å²) in [4.78, 5) is 18.1. The molecule has 0 spiro atoms. The predicted octanol–water partition coefficient (Wildman–Crippen LogP) is 5.98. The Morgan fingerprint density at radius 3 is 2.36 bits per heavy atom. The van der Waals surface area contributed by atoms with Gasteiger partial charge in [-0.05, 0) is 144 Å². The molecule has 47 heavy (non-hydrogen) atoms. The van der Waals surface area contributed by atoms with E-state index < -0.39 is 9.84 Å². The second-order valence-corrected chi connectivity index (χ2v) is 17.1. The summed E-state index contributed by atoms with van der Waals surface area (Å²) in [5.41, 5.74) is 1.82. The normalized spacial score (nSPS) is 28.8. The van der Waals surface area contributed by atoms with Gasteiger partial charge in [0.1, 0.15) is 5.82 Å². The molecule has 1 amide bonds. The van der Waals surface area contributed by atoms with Crippen LogP contribution in [-0.4, -0.2) is 87.5 Å². The molecular formula is C37H51FN4O4S. The number of alkyl carbamates (subject to hydrolysis) is 1. The van der Waals surface area contributed by atoms with Crippen molar-refractivity contribution in [2.75, 3.05) is 45.2 Å². The maximum atomic E-state index is 15.0. The lowest BCUT2D eigenvalue weighted by Crippen LogP contribution is -2.59. The van der Waals surface area contributed by atoms with E-state index in [1.54, 1.807) is 24.3 Å². The van der Waals surface area contributed by atoms with Crippen LogP contribution in [0.15, 0.2) is 53.4 Å². The summed E-state index contributed by atoms with van der Waals surface area (Å²) in [6.45, 7) is 5.10. The van der Waals surface area contributed by atoms with E-state index in [0.717, 1.165) is 108 Å². The highest BCUT2D eigenvalue weighted by atomic mass is 32.2. The summed E-state index contributed by atoms with van der Waals surface area (Å²) >= 11 is 0. The molecule has 3 unspecified atom stereocenters. The lowest BCUT2D eigenvalue weighted by molar-refractivity contribution is 0.0180. The molecule has 3 saturated carbocycles. The minimum absolute atomic E-state index is 0.00886. The second-order valence-electron chi connectivity index (χ2n) is 14.8. The largest absolute Gasteiger partial charge is 0.453 e. The van der Waals surface area contributed by atoms with E-state index >= 15 is 0 Å². The number of likely N-dealkylation sites (tertiary alicyclic amines) is 2. The highest BCUT2D eigenvalue weighted by molar-refractivity contribution is 7.92. The summed E-state index contributed by atoms with van der Waals surface area (Å²) in [7, 11) is -1.74. The number of carbonyl (C=O) groups is 1. The number of benzene rings is 2. The molecule has 2 heterocycles. The van der Waals surface area contributed by atoms with Crippen LogP contribution in [0, 0.1) is 17.7 Å². The molecule has 0 radical (unpaired) electrons. The van der Waals surface area contributed by atoms with Gasteiger partial charge in [-0.15, -0.1) is 0 Å². The molecule has 2 aliphatic heterocycles. The first kappa shape index (κ1) is 32.8. The molecular weight excluding hydrogens is 615 g/mol. The van der Waals surface area contributed by atoms with Gasteiger partial charge in [-0.2, -0.15) is 0 Å². The third kappa shape index (κ3) is 6.79. The Labute approximate surface area is 279 Å². The summed E-state index contributed by atoms with van der Waals surface area (Å²) < 4.78 is 45.2. The zero-order valence-corrected chi connectivity index (χ0v) is 28.5. The van der Waals surface area contributed by atoms with Gasteiger partial charge in [0.2, 0.25) is 0 Å². The van der Waals surface area contributed by atoms with Crippen molar-refractivity contribution in [2.45, 2.75) is 104 Å². The Hall–Kier alpha value is -2.69. The van der Waals surface area contributed by atoms with Crippen LogP contribution in [0.4, 0.5) is 14.9 Å². The molecule has 5 atom stereocenters. The van der Waals surface area contributed by atoms with Gasteiger partial charge >= 0.3 is 6.09 Å². The third-order valence-corrected chi connectivity index (χ3v) is 14.4. The number of methoxy groups -OCH3 is 1. The zero-order valence-electron chi connectivity index (χ0n) is 27.7. The lowest BCUT2D eigenvalue weighted by Gasteiger charge is -2.54. The molecule has 3 aliphatic carbocycles. The van der Waals surface area contributed by atoms with Crippen LogP contribution >= 0.6 is 0 Å². The highest BCUT2D eigenvalue weighted by Crippen LogP contribution is 2.52. The number of carbonyl (C=O) groups excluding carboxylic acids is 1. The van der Waals surface area contributed by atoms with E-state index in [9.17, 15) is 17.6 Å². The smallest absolute Gasteiger partial charge is 0.407 e. The summed E-state index contributed by atoms with van der Waals surface area (Å²) in [5.74, 6) is 0.408. The standard InChI is InChI=1S/C37H51FN4O4S/c1-46-36(43)40-35-8-3-7-34(35)37(25-41-19-4-20-41,27-5-2-6-28(38)23-27)26-17-21-42(22-18-26)31-12-9-30(24-31)39-29-10-13-32(14-11-29)47(44,45)33-15-16-33/h2,5-6,10-11,13-14,23,26,30-31,33-35,39H,3-4,7-9,12,15-22,24-25H2,1H3,(H,40,43)/t30?,31?,34-,35-,37?/m0/s1. The number of sulfone groups is 1. The SMILES string of the molecule is COC(=O)N[C@H]1CCC[C@@H]1C(CN1CCC1)(c1cccc(F)c1)C1CCN(C2CCC(Nc3ccc(S(=O)(=O)C4CC4)cc3)C2)CC1. The monoisotopic (exact) mass is 666 g/mol. The van der Waals surface area contributed by atoms with Gasteiger partial charge in [-0.1, -0.05) is 18.6 Å². The van der Waals surface area contributed by atoms with Crippen molar-refractivity contribution in [2.24, 2.45) is 11.8 Å². The van der Waals surface area contributed by atoms with Gasteiger partial charge in [0.25, 0.3) is 0 Å². The van der Waals surface area contributed by atoms with Crippen LogP contribution in [-0.2, 0) is 20.0 Å². The molecule has 2 aromatic rings. The fourth-order valence-electron chi connectivity index (χ4n) is 9.49. The fraction of sp³-hybridized carbons (Fsp3) is 0.649.